The maximum absolute atomic E-state index is 12.8. The summed E-state index contributed by atoms with van der Waals surface area (Å²) in [4.78, 5) is 29.3. The van der Waals surface area contributed by atoms with Crippen LogP contribution in [0.5, 0.6) is 0 Å². The number of carbonyl (C=O) groups excluding carboxylic acids is 1. The van der Waals surface area contributed by atoms with Crippen molar-refractivity contribution in [1.82, 2.24) is 14.9 Å². The lowest BCUT2D eigenvalue weighted by atomic mass is 9.97. The molecule has 5 rings (SSSR count). The molecule has 2 amide bonds. The number of anilines is 2. The Hall–Kier alpha value is -2.09. The Bertz CT molecular complexity index is 1170. The van der Waals surface area contributed by atoms with Crippen molar-refractivity contribution in [3.8, 4) is 0 Å². The van der Waals surface area contributed by atoms with Crippen LogP contribution in [0.2, 0.25) is 10.0 Å². The maximum Gasteiger partial charge on any atom is 0.322 e. The van der Waals surface area contributed by atoms with Gasteiger partial charge in [-0.15, -0.1) is 11.3 Å². The highest BCUT2D eigenvalue weighted by Gasteiger charge is 2.27. The summed E-state index contributed by atoms with van der Waals surface area (Å²) in [6.45, 7) is 4.79. The molecule has 2 aromatic heterocycles. The monoisotopic (exact) mass is 489 g/mol. The van der Waals surface area contributed by atoms with Gasteiger partial charge in [0.15, 0.2) is 0 Å². The number of carbonyl (C=O) groups is 1. The van der Waals surface area contributed by atoms with E-state index in [0.29, 0.717) is 28.8 Å². The van der Waals surface area contributed by atoms with Crippen molar-refractivity contribution in [2.24, 2.45) is 0 Å². The molecule has 32 heavy (non-hydrogen) atoms. The molecule has 1 N–H and O–H groups in total. The Morgan fingerprint density at radius 2 is 1.91 bits per heavy atom. The summed E-state index contributed by atoms with van der Waals surface area (Å²) in [7, 11) is 0. The minimum absolute atomic E-state index is 0.163. The van der Waals surface area contributed by atoms with Gasteiger partial charge in [0.05, 0.1) is 21.1 Å². The zero-order valence-corrected chi connectivity index (χ0v) is 20.3. The Morgan fingerprint density at radius 3 is 2.69 bits per heavy atom. The smallest absolute Gasteiger partial charge is 0.322 e. The first-order valence-corrected chi connectivity index (χ1v) is 12.7. The Morgan fingerprint density at radius 1 is 1.12 bits per heavy atom. The fraction of sp³-hybridized carbons (Fsp3) is 0.435. The minimum atomic E-state index is -0.163. The summed E-state index contributed by atoms with van der Waals surface area (Å²) in [5.41, 5.74) is 1.98. The molecule has 0 bridgehead atoms. The van der Waals surface area contributed by atoms with Gasteiger partial charge >= 0.3 is 6.03 Å². The summed E-state index contributed by atoms with van der Waals surface area (Å²) in [6, 6.07) is 5.07. The average Bonchev–Trinajstić information content (AvgIpc) is 3.20. The number of amides is 2. The average molecular weight is 490 g/mol. The number of urea groups is 1. The third kappa shape index (κ3) is 4.02. The number of aryl methyl sites for hydroxylation is 3. The highest BCUT2D eigenvalue weighted by atomic mass is 35.5. The number of rotatable bonds is 3. The standard InChI is InChI=1S/C23H25Cl2N5OS/c1-2-18-27-21(19-14-6-3-4-9-17(14)32-22(19)28-18)29-10-12-30(13-11-29)23(31)26-16-8-5-7-15(24)20(16)25/h5,7-8H,2-4,6,9-13H2,1H3,(H,26,31). The number of nitrogens with zero attached hydrogens (tertiary/aromatic N) is 4. The molecule has 168 valence electrons. The van der Waals surface area contributed by atoms with E-state index in [1.165, 1.54) is 28.7 Å². The molecule has 1 aliphatic carbocycles. The van der Waals surface area contributed by atoms with Crippen molar-refractivity contribution in [2.75, 3.05) is 36.4 Å². The van der Waals surface area contributed by atoms with Crippen LogP contribution in [0, 0.1) is 0 Å². The lowest BCUT2D eigenvalue weighted by Gasteiger charge is -2.36. The number of benzene rings is 1. The quantitative estimate of drug-likeness (QED) is 0.505. The van der Waals surface area contributed by atoms with Crippen LogP contribution in [0.15, 0.2) is 18.2 Å². The van der Waals surface area contributed by atoms with Crippen LogP contribution in [-0.2, 0) is 19.3 Å². The number of hydrogen-bond donors (Lipinski definition) is 1. The number of nitrogens with one attached hydrogen (secondary N) is 1. The van der Waals surface area contributed by atoms with Crippen LogP contribution in [0.25, 0.3) is 10.2 Å². The lowest BCUT2D eigenvalue weighted by molar-refractivity contribution is 0.208. The maximum atomic E-state index is 12.8. The topological polar surface area (TPSA) is 61.4 Å². The molecule has 6 nitrogen and oxygen atoms in total. The summed E-state index contributed by atoms with van der Waals surface area (Å²) >= 11 is 14.1. The van der Waals surface area contributed by atoms with E-state index < -0.39 is 0 Å². The van der Waals surface area contributed by atoms with Crippen LogP contribution in [0.1, 0.15) is 36.0 Å². The van der Waals surface area contributed by atoms with Gasteiger partial charge in [0.1, 0.15) is 16.5 Å². The van der Waals surface area contributed by atoms with E-state index in [-0.39, 0.29) is 6.03 Å². The van der Waals surface area contributed by atoms with Gasteiger partial charge in [-0.3, -0.25) is 0 Å². The zero-order chi connectivity index (χ0) is 22.2. The first-order valence-electron chi connectivity index (χ1n) is 11.1. The van der Waals surface area contributed by atoms with Gasteiger partial charge < -0.3 is 15.1 Å². The van der Waals surface area contributed by atoms with Crippen molar-refractivity contribution in [1.29, 1.82) is 0 Å². The molecule has 0 atom stereocenters. The minimum Gasteiger partial charge on any atom is -0.352 e. The predicted octanol–water partition coefficient (Wildman–Crippen LogP) is 5.79. The lowest BCUT2D eigenvalue weighted by Crippen LogP contribution is -2.50. The molecule has 9 heteroatoms. The Balaban J connectivity index is 1.35. The van der Waals surface area contributed by atoms with E-state index in [1.807, 2.05) is 16.2 Å². The van der Waals surface area contributed by atoms with Gasteiger partial charge in [0, 0.05) is 37.5 Å². The molecule has 0 radical (unpaired) electrons. The highest BCUT2D eigenvalue weighted by Crippen LogP contribution is 2.40. The molecule has 1 aromatic carbocycles. The fourth-order valence-corrected chi connectivity index (χ4v) is 6.11. The summed E-state index contributed by atoms with van der Waals surface area (Å²) in [5, 5.41) is 4.91. The summed E-state index contributed by atoms with van der Waals surface area (Å²) < 4.78 is 0. The Kier molecular flexibility index (Phi) is 6.14. The van der Waals surface area contributed by atoms with Gasteiger partial charge in [-0.2, -0.15) is 0 Å². The van der Waals surface area contributed by atoms with Crippen molar-refractivity contribution in [3.05, 3.63) is 44.5 Å². The van der Waals surface area contributed by atoms with E-state index in [0.717, 1.165) is 48.8 Å². The predicted molar refractivity (Wildman–Crippen MR) is 133 cm³/mol. The van der Waals surface area contributed by atoms with E-state index in [9.17, 15) is 4.79 Å². The number of hydrogen-bond acceptors (Lipinski definition) is 5. The van der Waals surface area contributed by atoms with Gasteiger partial charge in [0.2, 0.25) is 0 Å². The van der Waals surface area contributed by atoms with Crippen LogP contribution in [0.4, 0.5) is 16.3 Å². The van der Waals surface area contributed by atoms with Gasteiger partial charge in [0.25, 0.3) is 0 Å². The normalized spacial score (nSPS) is 16.3. The van der Waals surface area contributed by atoms with Crippen LogP contribution in [-0.4, -0.2) is 47.1 Å². The third-order valence-corrected chi connectivity index (χ3v) is 8.22. The number of halogens is 2. The molecule has 1 fully saturated rings. The number of piperazine rings is 1. The molecular formula is C23H25Cl2N5OS. The molecule has 0 spiro atoms. The number of thiophene rings is 1. The second-order valence-corrected chi connectivity index (χ2v) is 10.1. The van der Waals surface area contributed by atoms with Crippen LogP contribution < -0.4 is 10.2 Å². The summed E-state index contributed by atoms with van der Waals surface area (Å²) in [5.74, 6) is 1.94. The third-order valence-electron chi connectivity index (χ3n) is 6.22. The van der Waals surface area contributed by atoms with Gasteiger partial charge in [-0.1, -0.05) is 36.2 Å². The van der Waals surface area contributed by atoms with Crippen molar-refractivity contribution in [3.63, 3.8) is 0 Å². The number of aromatic nitrogens is 2. The van der Waals surface area contributed by atoms with Crippen molar-refractivity contribution < 1.29 is 4.79 Å². The first kappa shape index (κ1) is 21.7. The first-order chi connectivity index (χ1) is 15.5. The van der Waals surface area contributed by atoms with E-state index in [1.54, 1.807) is 18.2 Å². The van der Waals surface area contributed by atoms with Gasteiger partial charge in [-0.25, -0.2) is 14.8 Å². The highest BCUT2D eigenvalue weighted by molar-refractivity contribution is 7.19. The van der Waals surface area contributed by atoms with E-state index in [4.69, 9.17) is 33.2 Å². The summed E-state index contributed by atoms with van der Waals surface area (Å²) in [6.07, 6.45) is 5.56. The molecule has 0 unspecified atom stereocenters. The largest absolute Gasteiger partial charge is 0.352 e. The molecule has 3 aromatic rings. The van der Waals surface area contributed by atoms with E-state index >= 15 is 0 Å². The Labute approximate surface area is 201 Å². The second kappa shape index (κ2) is 9.04. The van der Waals surface area contributed by atoms with Gasteiger partial charge in [-0.05, 0) is 43.4 Å². The fourth-order valence-electron chi connectivity index (χ4n) is 4.48. The molecule has 2 aliphatic rings. The molecule has 0 saturated carbocycles. The molecule has 3 heterocycles. The molecule has 1 saturated heterocycles. The zero-order valence-electron chi connectivity index (χ0n) is 18.0. The molecular weight excluding hydrogens is 465 g/mol. The van der Waals surface area contributed by atoms with Crippen molar-refractivity contribution >= 4 is 62.3 Å². The van der Waals surface area contributed by atoms with Crippen LogP contribution >= 0.6 is 34.5 Å². The number of fused-ring (bicyclic) bond motifs is 3. The SMILES string of the molecule is CCc1nc(N2CCN(C(=O)Nc3cccc(Cl)c3Cl)CC2)c2c3c(sc2n1)CCCC3. The second-order valence-electron chi connectivity index (χ2n) is 8.21. The van der Waals surface area contributed by atoms with Crippen molar-refractivity contribution in [2.45, 2.75) is 39.0 Å². The van der Waals surface area contributed by atoms with Crippen LogP contribution in [0.3, 0.4) is 0 Å². The van der Waals surface area contributed by atoms with E-state index in [2.05, 4.69) is 17.1 Å². The molecule has 1 aliphatic heterocycles.